The topological polar surface area (TPSA) is 288 Å². The Morgan fingerprint density at radius 2 is 1.30 bits per heavy atom. The van der Waals surface area contributed by atoms with Crippen molar-refractivity contribution < 1.29 is 59.9 Å². The molecule has 0 fully saturated rings. The minimum atomic E-state index is -4.75. The first-order valence-corrected chi connectivity index (χ1v) is 17.9. The summed E-state index contributed by atoms with van der Waals surface area (Å²) >= 11 is -2.10. The Kier molecular flexibility index (Phi) is 12.7. The fourth-order valence-corrected chi connectivity index (χ4v) is 5.90. The second-order valence-electron chi connectivity index (χ2n) is 10.3. The number of aromatic hydroxyl groups is 1. The maximum atomic E-state index is 11.8. The summed E-state index contributed by atoms with van der Waals surface area (Å²) < 4.78 is 79.7. The van der Waals surface area contributed by atoms with E-state index in [0.717, 1.165) is 30.2 Å². The van der Waals surface area contributed by atoms with E-state index in [1.807, 2.05) is 0 Å². The van der Waals surface area contributed by atoms with Gasteiger partial charge >= 0.3 is 11.4 Å². The molecule has 0 saturated carbocycles. The maximum absolute atomic E-state index is 11.8. The number of ether oxygens (including phenoxy) is 3. The molecule has 5 aromatic carbocycles. The van der Waals surface area contributed by atoms with Crippen molar-refractivity contribution in [1.82, 2.24) is 0 Å². The van der Waals surface area contributed by atoms with Gasteiger partial charge in [-0.3, -0.25) is 9.11 Å². The van der Waals surface area contributed by atoms with Gasteiger partial charge in [-0.2, -0.15) is 22.9 Å². The van der Waals surface area contributed by atoms with Gasteiger partial charge in [0.05, 0.1) is 50.4 Å². The molecular weight excluding hydrogens is 775 g/mol. The standard InChI is InChI=1S/C31H27N7O13S3/c1-46-25-12-18(34-33-17-4-7-19(8-5-17)52-51-50-40)6-9-22(25)35-36-23-14-27(48-3)24(15-26(23)47-2)37-38-30-28(49-53(41)42)10-16-11-29(54(43,44)45)21(32)13-20(16)31(30)39/h4-15,39-40H,32H2,1-3H3,(H,41,42)(H,43,44,45). The van der Waals surface area contributed by atoms with E-state index in [4.69, 9.17) is 29.4 Å². The Labute approximate surface area is 312 Å². The number of fused-ring (bicyclic) bond motifs is 1. The zero-order chi connectivity index (χ0) is 39.0. The summed E-state index contributed by atoms with van der Waals surface area (Å²) in [7, 11) is -0.590. The molecule has 0 saturated heterocycles. The number of benzene rings is 5. The average molecular weight is 802 g/mol. The van der Waals surface area contributed by atoms with E-state index in [1.54, 1.807) is 42.5 Å². The zero-order valence-electron chi connectivity index (χ0n) is 27.9. The quantitative estimate of drug-likeness (QED) is 0.0126. The van der Waals surface area contributed by atoms with Crippen molar-refractivity contribution in [3.8, 4) is 28.7 Å². The SMILES string of the molecule is COc1cc(N=Nc2ccc(SOOO)cc2)ccc1N=Nc1cc(OC)c(N=Nc2c(OS(=O)O)cc3cc(S(=O)(=O)O)c(N)cc3c2O)cc1OC. The highest BCUT2D eigenvalue weighted by molar-refractivity contribution is 7.94. The zero-order valence-corrected chi connectivity index (χ0v) is 30.3. The molecule has 54 heavy (non-hydrogen) atoms. The van der Waals surface area contributed by atoms with Crippen molar-refractivity contribution in [2.45, 2.75) is 9.79 Å². The van der Waals surface area contributed by atoms with E-state index in [0.29, 0.717) is 27.7 Å². The number of nitrogen functional groups attached to an aromatic ring is 1. The van der Waals surface area contributed by atoms with Crippen LogP contribution in [0, 0.1) is 0 Å². The monoisotopic (exact) mass is 801 g/mol. The molecular formula is C31H27N7O13S3. The minimum absolute atomic E-state index is 0.0255. The van der Waals surface area contributed by atoms with Gasteiger partial charge in [0.15, 0.2) is 17.2 Å². The van der Waals surface area contributed by atoms with Crippen LogP contribution in [0.5, 0.6) is 28.7 Å². The minimum Gasteiger partial charge on any atom is -0.505 e. The summed E-state index contributed by atoms with van der Waals surface area (Å²) in [4.78, 5) is -0.000652. The Balaban J connectivity index is 1.44. The molecule has 282 valence electrons. The number of rotatable bonds is 15. The molecule has 6 N–H and O–H groups in total. The lowest BCUT2D eigenvalue weighted by molar-refractivity contribution is -0.432. The van der Waals surface area contributed by atoms with Crippen molar-refractivity contribution in [1.29, 1.82) is 0 Å². The van der Waals surface area contributed by atoms with Gasteiger partial charge in [-0.15, -0.1) is 24.8 Å². The lowest BCUT2D eigenvalue weighted by Crippen LogP contribution is -2.03. The van der Waals surface area contributed by atoms with Crippen LogP contribution >= 0.6 is 12.0 Å². The van der Waals surface area contributed by atoms with Gasteiger partial charge < -0.3 is 29.2 Å². The first-order valence-electron chi connectivity index (χ1n) is 14.6. The first-order chi connectivity index (χ1) is 25.8. The highest BCUT2D eigenvalue weighted by Crippen LogP contribution is 2.47. The summed E-state index contributed by atoms with van der Waals surface area (Å²) in [6.45, 7) is 0. The third-order valence-electron chi connectivity index (χ3n) is 7.07. The molecule has 5 rings (SSSR count). The normalized spacial score (nSPS) is 12.6. The molecule has 5 aromatic rings. The van der Waals surface area contributed by atoms with Crippen molar-refractivity contribution in [3.63, 3.8) is 0 Å². The van der Waals surface area contributed by atoms with Crippen molar-refractivity contribution in [2.75, 3.05) is 27.1 Å². The molecule has 20 nitrogen and oxygen atoms in total. The lowest BCUT2D eigenvalue weighted by Gasteiger charge is -2.12. The van der Waals surface area contributed by atoms with E-state index >= 15 is 0 Å². The van der Waals surface area contributed by atoms with Crippen LogP contribution in [0.4, 0.5) is 39.8 Å². The maximum Gasteiger partial charge on any atom is 0.357 e. The number of methoxy groups -OCH3 is 3. The van der Waals surface area contributed by atoms with Crippen LogP contribution in [0.2, 0.25) is 0 Å². The highest BCUT2D eigenvalue weighted by Gasteiger charge is 2.22. The van der Waals surface area contributed by atoms with Crippen LogP contribution < -0.4 is 24.1 Å². The van der Waals surface area contributed by atoms with Gasteiger partial charge in [0, 0.05) is 28.5 Å². The van der Waals surface area contributed by atoms with Gasteiger partial charge in [-0.1, -0.05) is 5.04 Å². The molecule has 0 spiro atoms. The number of nitrogens with two attached hydrogens (primary N) is 1. The van der Waals surface area contributed by atoms with Gasteiger partial charge in [-0.25, -0.2) is 5.26 Å². The van der Waals surface area contributed by atoms with Gasteiger partial charge in [-0.05, 0) is 60.0 Å². The van der Waals surface area contributed by atoms with Crippen LogP contribution in [0.3, 0.4) is 0 Å². The summed E-state index contributed by atoms with van der Waals surface area (Å²) in [6, 6.07) is 17.6. The van der Waals surface area contributed by atoms with Gasteiger partial charge in [0.1, 0.15) is 39.2 Å². The number of hydrogen-bond donors (Lipinski definition) is 5. The van der Waals surface area contributed by atoms with Gasteiger partial charge in [0.25, 0.3) is 10.1 Å². The molecule has 0 radical (unpaired) electrons. The van der Waals surface area contributed by atoms with Crippen LogP contribution in [0.15, 0.2) is 113 Å². The Hall–Kier alpha value is -5.79. The lowest BCUT2D eigenvalue weighted by atomic mass is 10.1. The Morgan fingerprint density at radius 1 is 0.722 bits per heavy atom. The smallest absolute Gasteiger partial charge is 0.357 e. The largest absolute Gasteiger partial charge is 0.505 e. The molecule has 0 aliphatic rings. The van der Waals surface area contributed by atoms with Crippen LogP contribution in [0.25, 0.3) is 10.8 Å². The first kappa shape index (κ1) is 39.4. The second kappa shape index (κ2) is 17.4. The molecule has 23 heteroatoms. The number of azo groups is 3. The molecule has 1 unspecified atom stereocenters. The molecule has 1 atom stereocenters. The van der Waals surface area contributed by atoms with Crippen molar-refractivity contribution in [3.05, 3.63) is 72.8 Å². The number of phenolic OH excluding ortho intramolecular Hbond substituents is 1. The molecule has 0 aromatic heterocycles. The molecule has 0 bridgehead atoms. The number of hydrogen-bond acceptors (Lipinski definition) is 19. The third-order valence-corrected chi connectivity index (χ3v) is 8.89. The van der Waals surface area contributed by atoms with E-state index in [-0.39, 0.29) is 33.6 Å². The summed E-state index contributed by atoms with van der Waals surface area (Å²) in [5.41, 5.74) is 6.56. The predicted octanol–water partition coefficient (Wildman–Crippen LogP) is 8.59. The number of anilines is 1. The van der Waals surface area contributed by atoms with Crippen LogP contribution in [0.1, 0.15) is 0 Å². The fourth-order valence-electron chi connectivity index (χ4n) is 4.63. The van der Waals surface area contributed by atoms with E-state index < -0.39 is 49.2 Å². The summed E-state index contributed by atoms with van der Waals surface area (Å²) in [5, 5.41) is 48.0. The van der Waals surface area contributed by atoms with Crippen molar-refractivity contribution >= 4 is 84.1 Å². The van der Waals surface area contributed by atoms with E-state index in [1.165, 1.54) is 33.5 Å². The third kappa shape index (κ3) is 9.41. The molecule has 0 aliphatic heterocycles. The van der Waals surface area contributed by atoms with Crippen LogP contribution in [-0.4, -0.2) is 53.4 Å². The van der Waals surface area contributed by atoms with E-state index in [9.17, 15) is 26.8 Å². The number of phenols is 1. The van der Waals surface area contributed by atoms with E-state index in [2.05, 4.69) is 40.1 Å². The highest BCUT2D eigenvalue weighted by atomic mass is 32.2. The molecule has 0 heterocycles. The molecule has 0 aliphatic carbocycles. The fraction of sp³-hybridized carbons (Fsp3) is 0.0968. The average Bonchev–Trinajstić information content (AvgIpc) is 3.15. The summed E-state index contributed by atoms with van der Waals surface area (Å²) in [6.07, 6.45) is 0. The number of nitrogens with zero attached hydrogens (tertiary/aromatic N) is 6. The van der Waals surface area contributed by atoms with Gasteiger partial charge in [0.2, 0.25) is 0 Å². The predicted molar refractivity (Wildman–Crippen MR) is 193 cm³/mol. The Bertz CT molecular complexity index is 2410. The van der Waals surface area contributed by atoms with Crippen LogP contribution in [-0.2, 0) is 30.9 Å². The second-order valence-corrected chi connectivity index (χ2v) is 13.1. The van der Waals surface area contributed by atoms with Crippen molar-refractivity contribution in [2.24, 2.45) is 30.7 Å². The molecule has 0 amide bonds. The summed E-state index contributed by atoms with van der Waals surface area (Å²) in [5.74, 6) is -0.500. The Morgan fingerprint density at radius 3 is 1.89 bits per heavy atom.